The van der Waals surface area contributed by atoms with Crippen LogP contribution in [0.5, 0.6) is 0 Å². The number of benzene rings is 1. The second-order valence-corrected chi connectivity index (χ2v) is 6.03. The summed E-state index contributed by atoms with van der Waals surface area (Å²) >= 11 is 8.11. The van der Waals surface area contributed by atoms with Crippen LogP contribution in [0.15, 0.2) is 24.3 Å². The average molecular weight is 271 g/mol. The number of hydrogen-bond donors (Lipinski definition) is 1. The molecule has 0 radical (unpaired) electrons. The summed E-state index contributed by atoms with van der Waals surface area (Å²) in [7, 11) is 4.23. The quantitative estimate of drug-likeness (QED) is 0.909. The van der Waals surface area contributed by atoms with Gasteiger partial charge in [0.1, 0.15) is 0 Å². The molecule has 0 aromatic heterocycles. The molecule has 0 bridgehead atoms. The van der Waals surface area contributed by atoms with Crippen molar-refractivity contribution in [2.45, 2.75) is 12.1 Å². The van der Waals surface area contributed by atoms with E-state index >= 15 is 0 Å². The van der Waals surface area contributed by atoms with E-state index in [1.54, 1.807) is 0 Å². The topological polar surface area (TPSA) is 15.3 Å². The van der Waals surface area contributed by atoms with Crippen molar-refractivity contribution in [1.82, 2.24) is 10.2 Å². The first kappa shape index (κ1) is 13.2. The van der Waals surface area contributed by atoms with Crippen molar-refractivity contribution in [1.29, 1.82) is 0 Å². The van der Waals surface area contributed by atoms with Crippen molar-refractivity contribution >= 4 is 23.4 Å². The molecular weight excluding hydrogens is 252 g/mol. The molecule has 2 unspecified atom stereocenters. The zero-order valence-corrected chi connectivity index (χ0v) is 11.9. The molecular formula is C13H19ClN2S. The maximum absolute atomic E-state index is 6.07. The van der Waals surface area contributed by atoms with Gasteiger partial charge in [-0.3, -0.25) is 4.90 Å². The van der Waals surface area contributed by atoms with Crippen LogP contribution in [0.3, 0.4) is 0 Å². The van der Waals surface area contributed by atoms with E-state index < -0.39 is 0 Å². The summed E-state index contributed by atoms with van der Waals surface area (Å²) in [5.41, 5.74) is 1.28. The molecule has 17 heavy (non-hydrogen) atoms. The minimum absolute atomic E-state index is 0.353. The Morgan fingerprint density at radius 2 is 2.35 bits per heavy atom. The van der Waals surface area contributed by atoms with Crippen LogP contribution in [-0.2, 0) is 0 Å². The van der Waals surface area contributed by atoms with Gasteiger partial charge < -0.3 is 5.32 Å². The fourth-order valence-corrected chi connectivity index (χ4v) is 3.81. The Hall–Kier alpha value is -0.220. The Bertz CT molecular complexity index is 372. The van der Waals surface area contributed by atoms with Crippen LogP contribution < -0.4 is 5.32 Å². The highest BCUT2D eigenvalue weighted by Crippen LogP contribution is 2.27. The molecule has 1 saturated heterocycles. The lowest BCUT2D eigenvalue weighted by molar-refractivity contribution is 0.221. The van der Waals surface area contributed by atoms with E-state index in [-0.39, 0.29) is 0 Å². The smallest absolute Gasteiger partial charge is 0.0484 e. The van der Waals surface area contributed by atoms with Gasteiger partial charge in [-0.05, 0) is 31.8 Å². The molecule has 0 amide bonds. The first-order valence-corrected chi connectivity index (χ1v) is 7.46. The molecule has 1 N–H and O–H groups in total. The predicted octanol–water partition coefficient (Wildman–Crippen LogP) is 2.65. The highest BCUT2D eigenvalue weighted by Gasteiger charge is 2.28. The van der Waals surface area contributed by atoms with Gasteiger partial charge >= 0.3 is 0 Å². The van der Waals surface area contributed by atoms with Gasteiger partial charge in [-0.25, -0.2) is 0 Å². The number of likely N-dealkylation sites (N-methyl/N-ethyl adjacent to an activating group) is 2. The molecule has 1 aliphatic rings. The molecule has 2 nitrogen and oxygen atoms in total. The summed E-state index contributed by atoms with van der Waals surface area (Å²) in [6.07, 6.45) is 0. The summed E-state index contributed by atoms with van der Waals surface area (Å²) < 4.78 is 0. The molecule has 4 heteroatoms. The van der Waals surface area contributed by atoms with Gasteiger partial charge in [-0.2, -0.15) is 11.8 Å². The summed E-state index contributed by atoms with van der Waals surface area (Å²) in [6.45, 7) is 1.16. The Labute approximate surface area is 113 Å². The number of nitrogens with zero attached hydrogens (tertiary/aromatic N) is 1. The molecule has 1 aliphatic heterocycles. The summed E-state index contributed by atoms with van der Waals surface area (Å²) in [4.78, 5) is 2.44. The van der Waals surface area contributed by atoms with Gasteiger partial charge in [0.2, 0.25) is 0 Å². The molecule has 1 fully saturated rings. The summed E-state index contributed by atoms with van der Waals surface area (Å²) in [6, 6.07) is 9.06. The van der Waals surface area contributed by atoms with E-state index in [1.807, 2.05) is 30.9 Å². The standard InChI is InChI=1S/C13H19ClN2S/c1-15-13(10-4-3-5-11(14)8-10)12-9-17-7-6-16(12)2/h3-5,8,12-13,15H,6-7,9H2,1-2H3. The van der Waals surface area contributed by atoms with Gasteiger partial charge in [-0.1, -0.05) is 23.7 Å². The third kappa shape index (κ3) is 3.16. The molecule has 94 valence electrons. The lowest BCUT2D eigenvalue weighted by Gasteiger charge is -2.38. The zero-order chi connectivity index (χ0) is 12.3. The zero-order valence-electron chi connectivity index (χ0n) is 10.3. The largest absolute Gasteiger partial charge is 0.312 e. The maximum Gasteiger partial charge on any atom is 0.0484 e. The number of halogens is 1. The second-order valence-electron chi connectivity index (χ2n) is 4.44. The molecule has 0 spiro atoms. The second kappa shape index (κ2) is 6.10. The highest BCUT2D eigenvalue weighted by molar-refractivity contribution is 7.99. The Morgan fingerprint density at radius 3 is 3.00 bits per heavy atom. The van der Waals surface area contributed by atoms with Crippen LogP contribution in [0.2, 0.25) is 5.02 Å². The average Bonchev–Trinajstić information content (AvgIpc) is 2.33. The molecule has 1 aromatic carbocycles. The number of nitrogens with one attached hydrogen (secondary N) is 1. The summed E-state index contributed by atoms with van der Waals surface area (Å²) in [5.74, 6) is 2.41. The fraction of sp³-hybridized carbons (Fsp3) is 0.538. The molecule has 2 rings (SSSR count). The lowest BCUT2D eigenvalue weighted by atomic mass is 9.99. The van der Waals surface area contributed by atoms with Crippen LogP contribution >= 0.6 is 23.4 Å². The molecule has 0 saturated carbocycles. The predicted molar refractivity (Wildman–Crippen MR) is 77.0 cm³/mol. The van der Waals surface area contributed by atoms with Crippen molar-refractivity contribution in [2.75, 3.05) is 32.1 Å². The van der Waals surface area contributed by atoms with Crippen molar-refractivity contribution in [3.05, 3.63) is 34.9 Å². The van der Waals surface area contributed by atoms with Crippen LogP contribution in [0.1, 0.15) is 11.6 Å². The Balaban J connectivity index is 2.20. The number of hydrogen-bond acceptors (Lipinski definition) is 3. The monoisotopic (exact) mass is 270 g/mol. The third-order valence-electron chi connectivity index (χ3n) is 3.35. The SMILES string of the molecule is CNC(c1cccc(Cl)c1)C1CSCCN1C. The lowest BCUT2D eigenvalue weighted by Crippen LogP contribution is -2.47. The Kier molecular flexibility index (Phi) is 4.74. The fourth-order valence-electron chi connectivity index (χ4n) is 2.34. The minimum Gasteiger partial charge on any atom is -0.312 e. The molecule has 1 heterocycles. The number of thioether (sulfide) groups is 1. The van der Waals surface area contributed by atoms with Crippen molar-refractivity contribution in [2.24, 2.45) is 0 Å². The van der Waals surface area contributed by atoms with Crippen LogP contribution in [0.25, 0.3) is 0 Å². The van der Waals surface area contributed by atoms with E-state index in [9.17, 15) is 0 Å². The van der Waals surface area contributed by atoms with Crippen molar-refractivity contribution < 1.29 is 0 Å². The maximum atomic E-state index is 6.07. The third-order valence-corrected chi connectivity index (χ3v) is 4.63. The van der Waals surface area contributed by atoms with Crippen molar-refractivity contribution in [3.63, 3.8) is 0 Å². The van der Waals surface area contributed by atoms with E-state index in [0.29, 0.717) is 12.1 Å². The van der Waals surface area contributed by atoms with Crippen molar-refractivity contribution in [3.8, 4) is 0 Å². The van der Waals surface area contributed by atoms with E-state index in [0.717, 1.165) is 11.6 Å². The summed E-state index contributed by atoms with van der Waals surface area (Å²) in [5, 5.41) is 4.25. The van der Waals surface area contributed by atoms with Gasteiger partial charge in [-0.15, -0.1) is 0 Å². The van der Waals surface area contributed by atoms with E-state index in [4.69, 9.17) is 11.6 Å². The van der Waals surface area contributed by atoms with Gasteiger partial charge in [0.25, 0.3) is 0 Å². The van der Waals surface area contributed by atoms with Gasteiger partial charge in [0.05, 0.1) is 0 Å². The highest BCUT2D eigenvalue weighted by atomic mass is 35.5. The van der Waals surface area contributed by atoms with Crippen LogP contribution in [0, 0.1) is 0 Å². The van der Waals surface area contributed by atoms with Crippen LogP contribution in [0.4, 0.5) is 0 Å². The number of rotatable bonds is 3. The van der Waals surface area contributed by atoms with Crippen LogP contribution in [-0.4, -0.2) is 43.1 Å². The molecule has 2 atom stereocenters. The van der Waals surface area contributed by atoms with E-state index in [2.05, 4.69) is 29.4 Å². The minimum atomic E-state index is 0.353. The van der Waals surface area contributed by atoms with E-state index in [1.165, 1.54) is 17.1 Å². The molecule has 1 aromatic rings. The molecule has 0 aliphatic carbocycles. The van der Waals surface area contributed by atoms with Gasteiger partial charge in [0.15, 0.2) is 0 Å². The Morgan fingerprint density at radius 1 is 1.53 bits per heavy atom. The first-order chi connectivity index (χ1) is 8.22. The first-order valence-electron chi connectivity index (χ1n) is 5.93. The van der Waals surface area contributed by atoms with Gasteiger partial charge in [0, 0.05) is 35.2 Å². The normalized spacial score (nSPS) is 23.6.